The molecule has 1 heterocycles. The van der Waals surface area contributed by atoms with Crippen LogP contribution in [0.15, 0.2) is 54.9 Å². The van der Waals surface area contributed by atoms with Crippen LogP contribution < -0.4 is 21.3 Å². The van der Waals surface area contributed by atoms with Gasteiger partial charge in [0.25, 0.3) is 5.91 Å². The van der Waals surface area contributed by atoms with E-state index in [9.17, 15) is 19.2 Å². The fourth-order valence-electron chi connectivity index (χ4n) is 3.71. The molecule has 0 saturated carbocycles. The van der Waals surface area contributed by atoms with Crippen molar-refractivity contribution in [3.63, 3.8) is 0 Å². The van der Waals surface area contributed by atoms with Gasteiger partial charge in [0.2, 0.25) is 17.7 Å². The first-order valence-corrected chi connectivity index (χ1v) is 13.0. The number of hydrogen-bond donors (Lipinski definition) is 5. The molecule has 1 aromatic heterocycles. The van der Waals surface area contributed by atoms with Gasteiger partial charge in [0.1, 0.15) is 12.1 Å². The fourth-order valence-corrected chi connectivity index (χ4v) is 3.97. The Morgan fingerprint density at radius 2 is 1.54 bits per heavy atom. The predicted octanol–water partition coefficient (Wildman–Crippen LogP) is 1.89. The number of pyridine rings is 1. The van der Waals surface area contributed by atoms with Crippen molar-refractivity contribution in [2.24, 2.45) is 5.92 Å². The molecule has 0 spiro atoms. The van der Waals surface area contributed by atoms with Crippen molar-refractivity contribution in [1.82, 2.24) is 26.3 Å². The van der Waals surface area contributed by atoms with Crippen LogP contribution in [0.25, 0.3) is 0 Å². The number of aromatic nitrogens is 1. The third-order valence-electron chi connectivity index (χ3n) is 5.69. The normalized spacial score (nSPS) is 13.2. The lowest BCUT2D eigenvalue weighted by Crippen LogP contribution is -2.55. The van der Waals surface area contributed by atoms with Gasteiger partial charge < -0.3 is 21.3 Å². The van der Waals surface area contributed by atoms with Crippen LogP contribution in [0.3, 0.4) is 0 Å². The molecule has 0 saturated heterocycles. The van der Waals surface area contributed by atoms with E-state index in [1.807, 2.05) is 44.2 Å². The average molecular weight is 528 g/mol. The third-order valence-corrected chi connectivity index (χ3v) is 6.18. The van der Waals surface area contributed by atoms with Crippen LogP contribution in [-0.4, -0.2) is 59.5 Å². The number of nitrogens with zero attached hydrogens (tertiary/aromatic N) is 1. The number of likely N-dealkylation sites (N-methyl/N-ethyl adjacent to an activating group) is 1. The van der Waals surface area contributed by atoms with Crippen LogP contribution in [0.4, 0.5) is 0 Å². The lowest BCUT2D eigenvalue weighted by molar-refractivity contribution is -0.132. The van der Waals surface area contributed by atoms with Crippen LogP contribution in [0.1, 0.15) is 49.0 Å². The Kier molecular flexibility index (Phi) is 12.6. The van der Waals surface area contributed by atoms with Gasteiger partial charge in [-0.05, 0) is 42.9 Å². The van der Waals surface area contributed by atoms with E-state index in [4.69, 9.17) is 0 Å². The molecule has 0 aliphatic carbocycles. The van der Waals surface area contributed by atoms with Crippen molar-refractivity contribution in [3.05, 3.63) is 66.0 Å². The summed E-state index contributed by atoms with van der Waals surface area (Å²) < 4.78 is 0. The monoisotopic (exact) mass is 527 g/mol. The molecule has 10 heteroatoms. The van der Waals surface area contributed by atoms with Gasteiger partial charge in [0, 0.05) is 38.0 Å². The van der Waals surface area contributed by atoms with Crippen molar-refractivity contribution in [2.45, 2.75) is 56.9 Å². The summed E-state index contributed by atoms with van der Waals surface area (Å²) in [5, 5.41) is 10.3. The molecule has 0 aliphatic rings. The molecule has 2 unspecified atom stereocenters. The quantitative estimate of drug-likeness (QED) is 0.189. The topological polar surface area (TPSA) is 129 Å². The molecular weight excluding hydrogens is 490 g/mol. The fraction of sp³-hybridized carbons (Fsp3) is 0.444. The summed E-state index contributed by atoms with van der Waals surface area (Å²) in [7, 11) is 1.52. The van der Waals surface area contributed by atoms with E-state index < -0.39 is 23.2 Å². The SMILES string of the molecule is CNC(=O)[C@H](Cc1ccccc1)NC(=O)C(CC(C)C)NC(=O)C(S)CCCNC(=O)c1ccncc1. The number of amides is 4. The summed E-state index contributed by atoms with van der Waals surface area (Å²) in [6.45, 7) is 4.29. The maximum Gasteiger partial charge on any atom is 0.251 e. The number of benzene rings is 1. The number of rotatable bonds is 14. The zero-order valence-electron chi connectivity index (χ0n) is 21.6. The summed E-state index contributed by atoms with van der Waals surface area (Å²) in [4.78, 5) is 54.4. The van der Waals surface area contributed by atoms with Gasteiger partial charge in [-0.15, -0.1) is 0 Å². The standard InChI is InChI=1S/C27H37N5O4S/c1-18(2)16-21(26(35)31-22(25(34)28-3)17-19-8-5-4-6-9-19)32-27(36)23(37)10-7-13-30-24(33)20-11-14-29-15-12-20/h4-6,8-9,11-12,14-15,18,21-23,37H,7,10,13,16-17H2,1-3H3,(H,28,34)(H,30,33)(H,31,35)(H,32,36)/t21?,22-,23?/m0/s1. The van der Waals surface area contributed by atoms with Gasteiger partial charge >= 0.3 is 0 Å². The van der Waals surface area contributed by atoms with Gasteiger partial charge in [-0.25, -0.2) is 0 Å². The maximum atomic E-state index is 13.1. The Bertz CT molecular complexity index is 1020. The number of nitrogens with one attached hydrogen (secondary N) is 4. The van der Waals surface area contributed by atoms with Crippen LogP contribution >= 0.6 is 12.6 Å². The van der Waals surface area contributed by atoms with Crippen molar-refractivity contribution in [3.8, 4) is 0 Å². The van der Waals surface area contributed by atoms with Crippen LogP contribution in [0.2, 0.25) is 0 Å². The molecule has 200 valence electrons. The van der Waals surface area contributed by atoms with Gasteiger partial charge in [0.05, 0.1) is 5.25 Å². The Balaban J connectivity index is 1.91. The zero-order valence-corrected chi connectivity index (χ0v) is 22.5. The molecule has 9 nitrogen and oxygen atoms in total. The summed E-state index contributed by atoms with van der Waals surface area (Å²) in [5.74, 6) is -1.18. The number of thiol groups is 1. The molecule has 37 heavy (non-hydrogen) atoms. The second-order valence-corrected chi connectivity index (χ2v) is 9.83. The molecule has 4 N–H and O–H groups in total. The highest BCUT2D eigenvalue weighted by Crippen LogP contribution is 2.11. The van der Waals surface area contributed by atoms with Gasteiger partial charge in [0.15, 0.2) is 0 Å². The molecule has 2 aromatic rings. The van der Waals surface area contributed by atoms with Crippen LogP contribution in [-0.2, 0) is 20.8 Å². The Hall–Kier alpha value is -3.40. The third kappa shape index (κ3) is 10.6. The number of hydrogen-bond acceptors (Lipinski definition) is 6. The molecule has 0 aliphatic heterocycles. The highest BCUT2D eigenvalue weighted by atomic mass is 32.1. The molecule has 0 radical (unpaired) electrons. The Morgan fingerprint density at radius 1 is 0.892 bits per heavy atom. The molecule has 3 atom stereocenters. The summed E-state index contributed by atoms with van der Waals surface area (Å²) >= 11 is 4.41. The summed E-state index contributed by atoms with van der Waals surface area (Å²) in [6.07, 6.45) is 4.78. The van der Waals surface area contributed by atoms with Crippen molar-refractivity contribution >= 4 is 36.3 Å². The second-order valence-electron chi connectivity index (χ2n) is 9.21. The predicted molar refractivity (Wildman–Crippen MR) is 146 cm³/mol. The summed E-state index contributed by atoms with van der Waals surface area (Å²) in [6, 6.07) is 11.1. The van der Waals surface area contributed by atoms with Gasteiger partial charge in [-0.1, -0.05) is 44.2 Å². The minimum atomic E-state index is -0.809. The van der Waals surface area contributed by atoms with Crippen molar-refractivity contribution in [1.29, 1.82) is 0 Å². The smallest absolute Gasteiger partial charge is 0.251 e. The molecule has 2 rings (SSSR count). The lowest BCUT2D eigenvalue weighted by Gasteiger charge is -2.25. The average Bonchev–Trinajstić information content (AvgIpc) is 2.90. The van der Waals surface area contributed by atoms with E-state index in [2.05, 4.69) is 38.9 Å². The van der Waals surface area contributed by atoms with E-state index in [-0.39, 0.29) is 23.6 Å². The molecular formula is C27H37N5O4S. The Morgan fingerprint density at radius 3 is 2.16 bits per heavy atom. The van der Waals surface area contributed by atoms with E-state index in [0.717, 1.165) is 5.56 Å². The number of carbonyl (C=O) groups is 4. The zero-order chi connectivity index (χ0) is 27.2. The first-order chi connectivity index (χ1) is 17.7. The highest BCUT2D eigenvalue weighted by Gasteiger charge is 2.28. The largest absolute Gasteiger partial charge is 0.357 e. The molecule has 0 bridgehead atoms. The molecule has 1 aromatic carbocycles. The van der Waals surface area contributed by atoms with E-state index in [1.54, 1.807) is 24.5 Å². The molecule has 4 amide bonds. The maximum absolute atomic E-state index is 13.1. The summed E-state index contributed by atoms with van der Waals surface area (Å²) in [5.41, 5.74) is 1.42. The van der Waals surface area contributed by atoms with Crippen molar-refractivity contribution < 1.29 is 19.2 Å². The van der Waals surface area contributed by atoms with E-state index >= 15 is 0 Å². The first kappa shape index (κ1) is 29.8. The highest BCUT2D eigenvalue weighted by molar-refractivity contribution is 7.81. The Labute approximate surface area is 224 Å². The van der Waals surface area contributed by atoms with Gasteiger partial charge in [-0.3, -0.25) is 24.2 Å². The number of carbonyl (C=O) groups excluding carboxylic acids is 4. The lowest BCUT2D eigenvalue weighted by atomic mass is 10.0. The minimum absolute atomic E-state index is 0.130. The van der Waals surface area contributed by atoms with Gasteiger partial charge in [-0.2, -0.15) is 12.6 Å². The van der Waals surface area contributed by atoms with Crippen molar-refractivity contribution in [2.75, 3.05) is 13.6 Å². The minimum Gasteiger partial charge on any atom is -0.357 e. The van der Waals surface area contributed by atoms with Crippen LogP contribution in [0, 0.1) is 5.92 Å². The van der Waals surface area contributed by atoms with E-state index in [0.29, 0.717) is 37.8 Å². The van der Waals surface area contributed by atoms with E-state index in [1.165, 1.54) is 7.05 Å². The first-order valence-electron chi connectivity index (χ1n) is 12.4. The molecule has 0 fully saturated rings. The second kappa shape index (κ2) is 15.7. The van der Waals surface area contributed by atoms with Crippen LogP contribution in [0.5, 0.6) is 0 Å².